The first-order valence-electron chi connectivity index (χ1n) is 11.3. The molecule has 0 radical (unpaired) electrons. The predicted molar refractivity (Wildman–Crippen MR) is 134 cm³/mol. The molecule has 1 N–H and O–H groups in total. The van der Waals surface area contributed by atoms with Gasteiger partial charge in [0, 0.05) is 23.5 Å². The van der Waals surface area contributed by atoms with Crippen LogP contribution in [0.5, 0.6) is 0 Å². The molecule has 0 heterocycles. The highest BCUT2D eigenvalue weighted by Crippen LogP contribution is 2.20. The van der Waals surface area contributed by atoms with Gasteiger partial charge in [0.25, 0.3) is 0 Å². The summed E-state index contributed by atoms with van der Waals surface area (Å²) in [5, 5.41) is 3.55. The zero-order valence-corrected chi connectivity index (χ0v) is 20.5. The van der Waals surface area contributed by atoms with Crippen molar-refractivity contribution in [2.45, 2.75) is 51.7 Å². The van der Waals surface area contributed by atoms with Gasteiger partial charge in [-0.05, 0) is 55.7 Å². The van der Waals surface area contributed by atoms with Crippen molar-refractivity contribution in [3.8, 4) is 0 Å². The molecule has 0 fully saturated rings. The predicted octanol–water partition coefficient (Wildman–Crippen LogP) is 5.58. The van der Waals surface area contributed by atoms with E-state index in [9.17, 15) is 14.0 Å². The Morgan fingerprint density at radius 2 is 1.59 bits per heavy atom. The first kappa shape index (κ1) is 25.4. The van der Waals surface area contributed by atoms with E-state index in [0.29, 0.717) is 17.0 Å². The van der Waals surface area contributed by atoms with Crippen LogP contribution in [0.1, 0.15) is 37.5 Å². The lowest BCUT2D eigenvalue weighted by molar-refractivity contribution is -0.141. The van der Waals surface area contributed by atoms with Crippen LogP contribution < -0.4 is 5.32 Å². The molecule has 0 aromatic heterocycles. The van der Waals surface area contributed by atoms with Gasteiger partial charge in [0.05, 0.1) is 6.42 Å². The molecule has 3 aromatic carbocycles. The summed E-state index contributed by atoms with van der Waals surface area (Å²) in [6.07, 6.45) is 0.174. The van der Waals surface area contributed by atoms with Crippen molar-refractivity contribution in [1.82, 2.24) is 10.2 Å². The molecule has 3 rings (SSSR count). The molecular weight excluding hydrogens is 451 g/mol. The second-order valence-corrected chi connectivity index (χ2v) is 9.80. The molecule has 178 valence electrons. The quantitative estimate of drug-likeness (QED) is 0.457. The van der Waals surface area contributed by atoms with Crippen molar-refractivity contribution in [3.05, 3.63) is 106 Å². The summed E-state index contributed by atoms with van der Waals surface area (Å²) in [7, 11) is 0. The van der Waals surface area contributed by atoms with E-state index >= 15 is 0 Å². The maximum atomic E-state index is 14.4. The Morgan fingerprint density at radius 1 is 0.941 bits per heavy atom. The number of benzene rings is 3. The largest absolute Gasteiger partial charge is 0.350 e. The lowest BCUT2D eigenvalue weighted by Gasteiger charge is -2.34. The lowest BCUT2D eigenvalue weighted by Crippen LogP contribution is -2.54. The second kappa shape index (κ2) is 11.3. The van der Waals surface area contributed by atoms with Crippen molar-refractivity contribution in [1.29, 1.82) is 0 Å². The highest BCUT2D eigenvalue weighted by atomic mass is 35.5. The SMILES string of the molecule is CC(C)(C)NC(=O)[C@@H](Cc1ccccc1)N(Cc1cccc(Cl)c1)C(=O)Cc1ccccc1F. The molecule has 2 amide bonds. The van der Waals surface area contributed by atoms with E-state index in [2.05, 4.69) is 5.32 Å². The molecule has 0 unspecified atom stereocenters. The van der Waals surface area contributed by atoms with Gasteiger partial charge in [-0.1, -0.05) is 72.3 Å². The maximum absolute atomic E-state index is 14.4. The summed E-state index contributed by atoms with van der Waals surface area (Å²) in [5.41, 5.74) is 1.52. The molecule has 4 nitrogen and oxygen atoms in total. The lowest BCUT2D eigenvalue weighted by atomic mass is 9.99. The third-order valence-corrected chi connectivity index (χ3v) is 5.55. The number of amides is 2. The molecule has 0 saturated carbocycles. The Morgan fingerprint density at radius 3 is 2.24 bits per heavy atom. The number of nitrogens with zero attached hydrogens (tertiary/aromatic N) is 1. The van der Waals surface area contributed by atoms with Gasteiger partial charge in [-0.3, -0.25) is 9.59 Å². The van der Waals surface area contributed by atoms with E-state index in [1.54, 1.807) is 36.4 Å². The number of carbonyl (C=O) groups is 2. The molecule has 0 bridgehead atoms. The Kier molecular flexibility index (Phi) is 8.46. The average Bonchev–Trinajstić information content (AvgIpc) is 2.77. The minimum Gasteiger partial charge on any atom is -0.350 e. The Labute approximate surface area is 205 Å². The van der Waals surface area contributed by atoms with Crippen LogP contribution in [-0.4, -0.2) is 28.3 Å². The summed E-state index contributed by atoms with van der Waals surface area (Å²) in [6.45, 7) is 5.86. The highest BCUT2D eigenvalue weighted by Gasteiger charge is 2.32. The Hall–Kier alpha value is -3.18. The fourth-order valence-corrected chi connectivity index (χ4v) is 3.96. The Balaban J connectivity index is 2.00. The maximum Gasteiger partial charge on any atom is 0.243 e. The number of nitrogens with one attached hydrogen (secondary N) is 1. The van der Waals surface area contributed by atoms with Crippen LogP contribution in [0.4, 0.5) is 4.39 Å². The number of halogens is 2. The van der Waals surface area contributed by atoms with Crippen LogP contribution >= 0.6 is 11.6 Å². The van der Waals surface area contributed by atoms with E-state index in [1.807, 2.05) is 57.2 Å². The minimum absolute atomic E-state index is 0.151. The third-order valence-electron chi connectivity index (χ3n) is 5.31. The van der Waals surface area contributed by atoms with E-state index in [1.165, 1.54) is 11.0 Å². The molecular formula is C28H30ClFN2O2. The molecule has 0 spiro atoms. The van der Waals surface area contributed by atoms with Gasteiger partial charge in [0.1, 0.15) is 11.9 Å². The van der Waals surface area contributed by atoms with Crippen LogP contribution in [0.25, 0.3) is 0 Å². The first-order valence-corrected chi connectivity index (χ1v) is 11.6. The topological polar surface area (TPSA) is 49.4 Å². The second-order valence-electron chi connectivity index (χ2n) is 9.36. The van der Waals surface area contributed by atoms with Gasteiger partial charge in [0.2, 0.25) is 11.8 Å². The number of hydrogen-bond acceptors (Lipinski definition) is 2. The molecule has 0 aliphatic carbocycles. The number of carbonyl (C=O) groups excluding carboxylic acids is 2. The van der Waals surface area contributed by atoms with Crippen molar-refractivity contribution >= 4 is 23.4 Å². The average molecular weight is 481 g/mol. The van der Waals surface area contributed by atoms with Gasteiger partial charge in [0.15, 0.2) is 0 Å². The smallest absolute Gasteiger partial charge is 0.243 e. The molecule has 3 aromatic rings. The monoisotopic (exact) mass is 480 g/mol. The van der Waals surface area contributed by atoms with E-state index in [4.69, 9.17) is 11.6 Å². The summed E-state index contributed by atoms with van der Waals surface area (Å²) in [4.78, 5) is 28.6. The molecule has 1 atom stereocenters. The number of hydrogen-bond donors (Lipinski definition) is 1. The summed E-state index contributed by atoms with van der Waals surface area (Å²) < 4.78 is 14.4. The fraction of sp³-hybridized carbons (Fsp3) is 0.286. The zero-order chi connectivity index (χ0) is 24.7. The fourth-order valence-electron chi connectivity index (χ4n) is 3.75. The van der Waals surface area contributed by atoms with Crippen molar-refractivity contribution in [3.63, 3.8) is 0 Å². The summed E-state index contributed by atoms with van der Waals surface area (Å²) >= 11 is 6.19. The molecule has 6 heteroatoms. The van der Waals surface area contributed by atoms with Crippen LogP contribution in [0.2, 0.25) is 5.02 Å². The normalized spacial score (nSPS) is 12.1. The van der Waals surface area contributed by atoms with E-state index in [0.717, 1.165) is 11.1 Å². The van der Waals surface area contributed by atoms with Crippen molar-refractivity contribution < 1.29 is 14.0 Å². The van der Waals surface area contributed by atoms with Crippen LogP contribution in [0.3, 0.4) is 0 Å². The van der Waals surface area contributed by atoms with E-state index in [-0.39, 0.29) is 24.8 Å². The molecule has 34 heavy (non-hydrogen) atoms. The van der Waals surface area contributed by atoms with Gasteiger partial charge in [-0.2, -0.15) is 0 Å². The molecule has 0 aliphatic heterocycles. The zero-order valence-electron chi connectivity index (χ0n) is 19.7. The minimum atomic E-state index is -0.792. The Bertz CT molecular complexity index is 1130. The molecule has 0 saturated heterocycles. The van der Waals surface area contributed by atoms with Crippen LogP contribution in [0, 0.1) is 5.82 Å². The van der Waals surface area contributed by atoms with Gasteiger partial charge < -0.3 is 10.2 Å². The van der Waals surface area contributed by atoms with Crippen LogP contribution in [0.15, 0.2) is 78.9 Å². The van der Waals surface area contributed by atoms with Crippen molar-refractivity contribution in [2.24, 2.45) is 0 Å². The summed E-state index contributed by atoms with van der Waals surface area (Å²) in [6, 6.07) is 22.2. The standard InChI is InChI=1S/C28H30ClFN2O2/c1-28(2,3)31-27(34)25(17-20-10-5-4-6-11-20)32(19-21-12-9-14-23(29)16-21)26(33)18-22-13-7-8-15-24(22)30/h4-16,25H,17-19H2,1-3H3,(H,31,34)/t25-/m1/s1. The third kappa shape index (κ3) is 7.42. The van der Waals surface area contributed by atoms with Crippen LogP contribution in [-0.2, 0) is 29.0 Å². The highest BCUT2D eigenvalue weighted by molar-refractivity contribution is 6.30. The van der Waals surface area contributed by atoms with E-state index < -0.39 is 17.4 Å². The number of rotatable bonds is 8. The van der Waals surface area contributed by atoms with Gasteiger partial charge in [-0.15, -0.1) is 0 Å². The van der Waals surface area contributed by atoms with Gasteiger partial charge >= 0.3 is 0 Å². The molecule has 0 aliphatic rings. The van der Waals surface area contributed by atoms with Crippen molar-refractivity contribution in [2.75, 3.05) is 0 Å². The first-order chi connectivity index (χ1) is 16.1. The van der Waals surface area contributed by atoms with Gasteiger partial charge in [-0.25, -0.2) is 4.39 Å². The summed E-state index contributed by atoms with van der Waals surface area (Å²) in [5.74, 6) is -1.05.